The summed E-state index contributed by atoms with van der Waals surface area (Å²) in [6, 6.07) is 3.81. The summed E-state index contributed by atoms with van der Waals surface area (Å²) in [5.41, 5.74) is 1.68. The first-order valence-corrected chi connectivity index (χ1v) is 9.50. The topological polar surface area (TPSA) is 84.4 Å². The third-order valence-corrected chi connectivity index (χ3v) is 5.49. The number of piperidine rings is 1. The number of carbonyl (C=O) groups excluding carboxylic acids is 2. The fraction of sp³-hybridized carbons (Fsp3) is 0.444. The van der Waals surface area contributed by atoms with Crippen molar-refractivity contribution in [2.45, 2.75) is 32.7 Å². The standard InChI is InChI=1S/C18H22N4O3S/c1-3-25-18(24)22-10-6-14(7-11-22)21-16(23)15-12(2)20-17(26-15)13-4-8-19-9-5-13/h4-5,8-9,14H,3,6-7,10-11H2,1-2H3,(H,21,23). The third kappa shape index (κ3) is 4.19. The Morgan fingerprint density at radius 1 is 1.31 bits per heavy atom. The number of nitrogens with one attached hydrogen (secondary N) is 1. The van der Waals surface area contributed by atoms with Gasteiger partial charge in [-0.25, -0.2) is 9.78 Å². The lowest BCUT2D eigenvalue weighted by molar-refractivity contribution is 0.0862. The smallest absolute Gasteiger partial charge is 0.409 e. The molecule has 7 nitrogen and oxygen atoms in total. The van der Waals surface area contributed by atoms with Crippen LogP contribution in [0.15, 0.2) is 24.5 Å². The fourth-order valence-electron chi connectivity index (χ4n) is 2.90. The molecule has 8 heteroatoms. The summed E-state index contributed by atoms with van der Waals surface area (Å²) in [6.45, 7) is 5.20. The molecule has 2 aromatic heterocycles. The molecule has 0 spiro atoms. The average Bonchev–Trinajstić information content (AvgIpc) is 3.05. The summed E-state index contributed by atoms with van der Waals surface area (Å²) in [5, 5.41) is 3.88. The van der Waals surface area contributed by atoms with Crippen LogP contribution < -0.4 is 5.32 Å². The highest BCUT2D eigenvalue weighted by Gasteiger charge is 2.26. The lowest BCUT2D eigenvalue weighted by Crippen LogP contribution is -2.46. The summed E-state index contributed by atoms with van der Waals surface area (Å²) in [5.74, 6) is -0.102. The molecule has 0 bridgehead atoms. The molecule has 2 amide bonds. The number of ether oxygens (including phenoxy) is 1. The van der Waals surface area contributed by atoms with Gasteiger partial charge in [0.15, 0.2) is 0 Å². The Hall–Kier alpha value is -2.48. The maximum absolute atomic E-state index is 12.6. The molecule has 26 heavy (non-hydrogen) atoms. The number of likely N-dealkylation sites (tertiary alicyclic amines) is 1. The second kappa shape index (κ2) is 8.27. The number of thiazole rings is 1. The van der Waals surface area contributed by atoms with Gasteiger partial charge in [0.05, 0.1) is 12.3 Å². The second-order valence-corrected chi connectivity index (χ2v) is 7.10. The van der Waals surface area contributed by atoms with E-state index in [4.69, 9.17) is 4.74 Å². The molecular weight excluding hydrogens is 352 g/mol. The number of hydrogen-bond acceptors (Lipinski definition) is 6. The molecule has 1 saturated heterocycles. The first kappa shape index (κ1) is 18.3. The third-order valence-electron chi connectivity index (χ3n) is 4.29. The first-order valence-electron chi connectivity index (χ1n) is 8.69. The molecular formula is C18H22N4O3S. The molecule has 0 atom stereocenters. The van der Waals surface area contributed by atoms with Gasteiger partial charge in [0.2, 0.25) is 0 Å². The van der Waals surface area contributed by atoms with E-state index in [-0.39, 0.29) is 18.0 Å². The van der Waals surface area contributed by atoms with Crippen molar-refractivity contribution in [3.05, 3.63) is 35.1 Å². The number of aromatic nitrogens is 2. The number of pyridine rings is 1. The van der Waals surface area contributed by atoms with Crippen LogP contribution in [0.1, 0.15) is 35.1 Å². The zero-order valence-corrected chi connectivity index (χ0v) is 15.7. The van der Waals surface area contributed by atoms with Crippen LogP contribution in [-0.4, -0.2) is 52.6 Å². The van der Waals surface area contributed by atoms with Crippen LogP contribution in [0.3, 0.4) is 0 Å². The normalized spacial score (nSPS) is 14.9. The van der Waals surface area contributed by atoms with E-state index in [0.29, 0.717) is 24.6 Å². The predicted octanol–water partition coefficient (Wildman–Crippen LogP) is 2.86. The molecule has 1 aliphatic rings. The highest BCUT2D eigenvalue weighted by molar-refractivity contribution is 7.17. The van der Waals surface area contributed by atoms with E-state index in [2.05, 4.69) is 15.3 Å². The quantitative estimate of drug-likeness (QED) is 0.889. The number of amides is 2. The summed E-state index contributed by atoms with van der Waals surface area (Å²) < 4.78 is 5.02. The van der Waals surface area contributed by atoms with Gasteiger partial charge in [0, 0.05) is 37.1 Å². The SMILES string of the molecule is CCOC(=O)N1CCC(NC(=O)c2sc(-c3ccncc3)nc2C)CC1. The molecule has 3 rings (SSSR count). The maximum atomic E-state index is 12.6. The van der Waals surface area contributed by atoms with Gasteiger partial charge in [0.1, 0.15) is 9.88 Å². The lowest BCUT2D eigenvalue weighted by atomic mass is 10.1. The summed E-state index contributed by atoms with van der Waals surface area (Å²) in [4.78, 5) is 35.2. The monoisotopic (exact) mass is 374 g/mol. The lowest BCUT2D eigenvalue weighted by Gasteiger charge is -2.31. The van der Waals surface area contributed by atoms with Gasteiger partial charge in [-0.05, 0) is 38.8 Å². The van der Waals surface area contributed by atoms with Gasteiger partial charge < -0.3 is 15.0 Å². The molecule has 1 N–H and O–H groups in total. The van der Waals surface area contributed by atoms with Gasteiger partial charge in [-0.3, -0.25) is 9.78 Å². The average molecular weight is 374 g/mol. The predicted molar refractivity (Wildman–Crippen MR) is 99.2 cm³/mol. The molecule has 1 aliphatic heterocycles. The van der Waals surface area contributed by atoms with Crippen molar-refractivity contribution in [3.63, 3.8) is 0 Å². The molecule has 0 aromatic carbocycles. The number of aryl methyl sites for hydroxylation is 1. The van der Waals surface area contributed by atoms with E-state index in [0.717, 1.165) is 29.1 Å². The van der Waals surface area contributed by atoms with Gasteiger partial charge >= 0.3 is 6.09 Å². The highest BCUT2D eigenvalue weighted by atomic mass is 32.1. The van der Waals surface area contributed by atoms with Gasteiger partial charge in [0.25, 0.3) is 5.91 Å². The number of carbonyl (C=O) groups is 2. The minimum atomic E-state index is -0.280. The van der Waals surface area contributed by atoms with E-state index in [1.807, 2.05) is 19.1 Å². The Labute approximate surface area is 156 Å². The van der Waals surface area contributed by atoms with Crippen LogP contribution in [0.5, 0.6) is 0 Å². The first-order chi connectivity index (χ1) is 12.6. The minimum Gasteiger partial charge on any atom is -0.450 e. The van der Waals surface area contributed by atoms with E-state index in [1.54, 1.807) is 24.2 Å². The Balaban J connectivity index is 1.59. The number of hydrogen-bond donors (Lipinski definition) is 1. The molecule has 1 fully saturated rings. The maximum Gasteiger partial charge on any atom is 0.409 e. The Bertz CT molecular complexity index is 770. The minimum absolute atomic E-state index is 0.0547. The van der Waals surface area contributed by atoms with Crippen molar-refractivity contribution in [1.29, 1.82) is 0 Å². The summed E-state index contributed by atoms with van der Waals surface area (Å²) in [6.07, 6.45) is 4.59. The Morgan fingerprint density at radius 2 is 2.00 bits per heavy atom. The van der Waals surface area contributed by atoms with Crippen molar-refractivity contribution >= 4 is 23.3 Å². The summed E-state index contributed by atoms with van der Waals surface area (Å²) in [7, 11) is 0. The zero-order valence-electron chi connectivity index (χ0n) is 14.9. The molecule has 2 aromatic rings. The molecule has 3 heterocycles. The highest BCUT2D eigenvalue weighted by Crippen LogP contribution is 2.27. The van der Waals surface area contributed by atoms with Crippen LogP contribution >= 0.6 is 11.3 Å². The van der Waals surface area contributed by atoms with Crippen LogP contribution in [0.4, 0.5) is 4.79 Å². The summed E-state index contributed by atoms with van der Waals surface area (Å²) >= 11 is 1.39. The van der Waals surface area contributed by atoms with Crippen LogP contribution in [0.2, 0.25) is 0 Å². The van der Waals surface area contributed by atoms with Gasteiger partial charge in [-0.1, -0.05) is 0 Å². The Kier molecular flexibility index (Phi) is 5.82. The molecule has 138 valence electrons. The molecule has 0 saturated carbocycles. The molecule has 0 aliphatic carbocycles. The largest absolute Gasteiger partial charge is 0.450 e. The zero-order chi connectivity index (χ0) is 18.5. The van der Waals surface area contributed by atoms with Gasteiger partial charge in [-0.2, -0.15) is 0 Å². The van der Waals surface area contributed by atoms with Crippen molar-refractivity contribution in [2.24, 2.45) is 0 Å². The van der Waals surface area contributed by atoms with E-state index in [9.17, 15) is 9.59 Å². The van der Waals surface area contributed by atoms with Crippen LogP contribution in [-0.2, 0) is 4.74 Å². The fourth-order valence-corrected chi connectivity index (χ4v) is 3.87. The van der Waals surface area contributed by atoms with E-state index in [1.165, 1.54) is 11.3 Å². The van der Waals surface area contributed by atoms with E-state index < -0.39 is 0 Å². The Morgan fingerprint density at radius 3 is 2.65 bits per heavy atom. The van der Waals surface area contributed by atoms with Crippen LogP contribution in [0, 0.1) is 6.92 Å². The molecule has 0 radical (unpaired) electrons. The van der Waals surface area contributed by atoms with Crippen molar-refractivity contribution < 1.29 is 14.3 Å². The second-order valence-electron chi connectivity index (χ2n) is 6.10. The number of nitrogens with zero attached hydrogens (tertiary/aromatic N) is 3. The van der Waals surface area contributed by atoms with E-state index >= 15 is 0 Å². The van der Waals surface area contributed by atoms with Gasteiger partial charge in [-0.15, -0.1) is 11.3 Å². The number of rotatable bonds is 4. The van der Waals surface area contributed by atoms with Crippen molar-refractivity contribution in [1.82, 2.24) is 20.2 Å². The molecule has 0 unspecified atom stereocenters. The van der Waals surface area contributed by atoms with Crippen molar-refractivity contribution in [3.8, 4) is 10.6 Å². The van der Waals surface area contributed by atoms with Crippen molar-refractivity contribution in [2.75, 3.05) is 19.7 Å². The van der Waals surface area contributed by atoms with Crippen LogP contribution in [0.25, 0.3) is 10.6 Å².